The summed E-state index contributed by atoms with van der Waals surface area (Å²) in [7, 11) is 0. The summed E-state index contributed by atoms with van der Waals surface area (Å²) >= 11 is 0. The second-order valence-corrected chi connectivity index (χ2v) is 13.1. The number of carbonyl (C=O) groups excluding carboxylic acids is 1. The summed E-state index contributed by atoms with van der Waals surface area (Å²) in [6.45, 7) is 4.84. The lowest BCUT2D eigenvalue weighted by Gasteiger charge is -2.34. The van der Waals surface area contributed by atoms with Gasteiger partial charge in [0.05, 0.1) is 36.0 Å². The quantitative estimate of drug-likeness (QED) is 0.245. The molecule has 5 rings (SSSR count). The van der Waals surface area contributed by atoms with E-state index in [1.165, 1.54) is 4.90 Å². The Bertz CT molecular complexity index is 1350. The van der Waals surface area contributed by atoms with Gasteiger partial charge in [0.25, 0.3) is 0 Å². The number of cyclic esters (lactones) is 1. The number of allylic oxidation sites excluding steroid dienone is 3. The number of nitrogens with zero attached hydrogens (tertiary/aromatic N) is 4. The van der Waals surface area contributed by atoms with E-state index in [-0.39, 0.29) is 36.5 Å². The molecule has 0 bridgehead atoms. The minimum absolute atomic E-state index is 0.0666. The molecular formula is C32H40F6N4O4. The maximum atomic E-state index is 13.6. The fraction of sp³-hybridized carbons (Fsp3) is 0.688. The third-order valence-corrected chi connectivity index (χ3v) is 9.54. The predicted molar refractivity (Wildman–Crippen MR) is 156 cm³/mol. The van der Waals surface area contributed by atoms with E-state index in [2.05, 4.69) is 4.90 Å². The third-order valence-electron chi connectivity index (χ3n) is 9.54. The molecule has 1 amide bonds. The van der Waals surface area contributed by atoms with Crippen molar-refractivity contribution in [2.24, 2.45) is 17.8 Å². The van der Waals surface area contributed by atoms with Gasteiger partial charge in [-0.2, -0.15) is 26.3 Å². The number of rotatable bonds is 11. The molecule has 2 unspecified atom stereocenters. The Balaban J connectivity index is 1.37. The SMILES string of the molecule is CCCN(C[C@H]1CC[C@H](CC(=O)O)CC1)c1ncc(C2CC2)nc1CN1C(=O)OC(C2=CC(C(F)(F)F)=CC(C(F)(F)F)C2)[C@@H]1C. The Hall–Kier alpha value is -3.32. The highest BCUT2D eigenvalue weighted by atomic mass is 19.4. The molecule has 2 heterocycles. The molecule has 2 saturated carbocycles. The van der Waals surface area contributed by atoms with Crippen LogP contribution < -0.4 is 4.90 Å². The predicted octanol–water partition coefficient (Wildman–Crippen LogP) is 7.56. The van der Waals surface area contributed by atoms with Crippen LogP contribution in [0, 0.1) is 17.8 Å². The van der Waals surface area contributed by atoms with Gasteiger partial charge in [-0.1, -0.05) is 13.0 Å². The third kappa shape index (κ3) is 7.96. The van der Waals surface area contributed by atoms with Gasteiger partial charge in [-0.15, -0.1) is 0 Å². The molecule has 1 saturated heterocycles. The van der Waals surface area contributed by atoms with Crippen LogP contribution in [-0.2, 0) is 16.1 Å². The highest BCUT2D eigenvalue weighted by Gasteiger charge is 2.49. The van der Waals surface area contributed by atoms with Gasteiger partial charge in [0.1, 0.15) is 11.8 Å². The number of aliphatic carboxylic acids is 1. The number of halogens is 6. The van der Waals surface area contributed by atoms with E-state index in [1.807, 2.05) is 6.92 Å². The first-order chi connectivity index (χ1) is 21.6. The summed E-state index contributed by atoms with van der Waals surface area (Å²) < 4.78 is 87.1. The molecule has 8 nitrogen and oxygen atoms in total. The van der Waals surface area contributed by atoms with Crippen LogP contribution in [0.3, 0.4) is 0 Å². The van der Waals surface area contributed by atoms with Crippen LogP contribution in [-0.4, -0.2) is 69.6 Å². The Morgan fingerprint density at radius 3 is 2.35 bits per heavy atom. The average Bonchev–Trinajstić information content (AvgIpc) is 3.79. The van der Waals surface area contributed by atoms with Gasteiger partial charge < -0.3 is 14.7 Å². The summed E-state index contributed by atoms with van der Waals surface area (Å²) in [4.78, 5) is 37.5. The molecule has 254 valence electrons. The molecule has 14 heteroatoms. The Morgan fingerprint density at radius 1 is 1.09 bits per heavy atom. The van der Waals surface area contributed by atoms with E-state index in [4.69, 9.17) is 19.8 Å². The van der Waals surface area contributed by atoms with Gasteiger partial charge in [-0.25, -0.2) is 9.78 Å². The smallest absolute Gasteiger partial charge is 0.416 e. The Labute approximate surface area is 263 Å². The number of ether oxygens (including phenoxy) is 1. The van der Waals surface area contributed by atoms with Crippen molar-refractivity contribution in [3.05, 3.63) is 40.9 Å². The minimum atomic E-state index is -4.99. The molecule has 46 heavy (non-hydrogen) atoms. The van der Waals surface area contributed by atoms with Gasteiger partial charge in [0, 0.05) is 25.4 Å². The van der Waals surface area contributed by atoms with E-state index in [9.17, 15) is 35.9 Å². The Kier molecular flexibility index (Phi) is 9.93. The van der Waals surface area contributed by atoms with Crippen LogP contribution >= 0.6 is 0 Å². The largest absolute Gasteiger partial charge is 0.481 e. The summed E-state index contributed by atoms with van der Waals surface area (Å²) in [6, 6.07) is -0.858. The van der Waals surface area contributed by atoms with Crippen LogP contribution in [0.4, 0.5) is 37.0 Å². The van der Waals surface area contributed by atoms with Crippen molar-refractivity contribution in [3.63, 3.8) is 0 Å². The van der Waals surface area contributed by atoms with E-state index in [0.29, 0.717) is 36.6 Å². The zero-order valence-electron chi connectivity index (χ0n) is 25.9. The number of carboxylic acids is 1. The molecule has 3 fully saturated rings. The van der Waals surface area contributed by atoms with Crippen molar-refractivity contribution < 1.29 is 45.8 Å². The molecule has 3 atom stereocenters. The van der Waals surface area contributed by atoms with Crippen LogP contribution in [0.1, 0.15) is 88.9 Å². The summed E-state index contributed by atoms with van der Waals surface area (Å²) in [5, 5.41) is 9.17. The number of alkyl halides is 6. The van der Waals surface area contributed by atoms with Gasteiger partial charge in [-0.05, 0) is 81.8 Å². The number of hydrogen-bond donors (Lipinski definition) is 1. The Morgan fingerprint density at radius 2 is 1.76 bits per heavy atom. The van der Waals surface area contributed by atoms with Crippen molar-refractivity contribution in [2.45, 2.75) is 109 Å². The van der Waals surface area contributed by atoms with E-state index in [1.54, 1.807) is 13.1 Å². The maximum Gasteiger partial charge on any atom is 0.416 e. The lowest BCUT2D eigenvalue weighted by atomic mass is 9.80. The van der Waals surface area contributed by atoms with Crippen molar-refractivity contribution in [1.82, 2.24) is 14.9 Å². The minimum Gasteiger partial charge on any atom is -0.481 e. The molecule has 0 spiro atoms. The molecule has 1 N–H and O–H groups in total. The molecule has 4 aliphatic rings. The highest BCUT2D eigenvalue weighted by molar-refractivity contribution is 5.72. The first kappa shape index (κ1) is 34.0. The average molecular weight is 659 g/mol. The lowest BCUT2D eigenvalue weighted by Crippen LogP contribution is -2.38. The van der Waals surface area contributed by atoms with Crippen molar-refractivity contribution in [1.29, 1.82) is 0 Å². The van der Waals surface area contributed by atoms with Crippen molar-refractivity contribution in [3.8, 4) is 0 Å². The lowest BCUT2D eigenvalue weighted by molar-refractivity contribution is -0.163. The number of amides is 1. The van der Waals surface area contributed by atoms with Crippen LogP contribution in [0.15, 0.2) is 29.5 Å². The van der Waals surface area contributed by atoms with Gasteiger partial charge >= 0.3 is 24.4 Å². The van der Waals surface area contributed by atoms with Crippen LogP contribution in [0.5, 0.6) is 0 Å². The molecule has 1 aliphatic heterocycles. The van der Waals surface area contributed by atoms with Crippen LogP contribution in [0.25, 0.3) is 0 Å². The fourth-order valence-electron chi connectivity index (χ4n) is 6.89. The topological polar surface area (TPSA) is 95.9 Å². The first-order valence-electron chi connectivity index (χ1n) is 16.0. The normalized spacial score (nSPS) is 27.3. The van der Waals surface area contributed by atoms with Crippen molar-refractivity contribution in [2.75, 3.05) is 18.0 Å². The van der Waals surface area contributed by atoms with E-state index < -0.39 is 54.5 Å². The van der Waals surface area contributed by atoms with E-state index >= 15 is 0 Å². The number of anilines is 1. The standard InChI is InChI=1S/C32H40F6N4O4/c1-3-10-41(16-20-6-4-19(5-7-20)11-27(43)44)29-26(40-25(15-39-29)21-8-9-21)17-42-18(2)28(46-30(42)45)22-12-23(31(33,34)35)14-24(13-22)32(36,37)38/h12,14-15,18-21,24,28H,3-11,13,16-17H2,1-2H3,(H,43,44)/t18-,19-,20-,24?,28?/m0/s1. The van der Waals surface area contributed by atoms with Gasteiger partial charge in [0.2, 0.25) is 0 Å². The van der Waals surface area contributed by atoms with Gasteiger partial charge in [0.15, 0.2) is 5.82 Å². The van der Waals surface area contributed by atoms with Gasteiger partial charge in [-0.3, -0.25) is 14.7 Å². The maximum absolute atomic E-state index is 13.6. The fourth-order valence-corrected chi connectivity index (χ4v) is 6.89. The molecule has 1 aromatic heterocycles. The zero-order chi connectivity index (χ0) is 33.4. The summed E-state index contributed by atoms with van der Waals surface area (Å²) in [5.41, 5.74) is -0.354. The van der Waals surface area contributed by atoms with E-state index in [0.717, 1.165) is 50.6 Å². The number of carbonyl (C=O) groups is 2. The number of carboxylic acid groups (broad SMARTS) is 1. The zero-order valence-corrected chi connectivity index (χ0v) is 25.9. The van der Waals surface area contributed by atoms with Crippen LogP contribution in [0.2, 0.25) is 0 Å². The summed E-state index contributed by atoms with van der Waals surface area (Å²) in [5.74, 6) is -1.84. The highest BCUT2D eigenvalue weighted by Crippen LogP contribution is 2.44. The number of aromatic nitrogens is 2. The molecule has 0 aromatic carbocycles. The second kappa shape index (κ2) is 13.4. The monoisotopic (exact) mass is 658 g/mol. The molecule has 0 radical (unpaired) electrons. The molecular weight excluding hydrogens is 618 g/mol. The second-order valence-electron chi connectivity index (χ2n) is 13.1. The molecule has 3 aliphatic carbocycles. The molecule has 1 aromatic rings. The number of hydrogen-bond acceptors (Lipinski definition) is 6. The van der Waals surface area contributed by atoms with Crippen molar-refractivity contribution >= 4 is 17.9 Å². The first-order valence-corrected chi connectivity index (χ1v) is 16.0. The summed E-state index contributed by atoms with van der Waals surface area (Å²) in [6.07, 6.45) is -3.87.